The quantitative estimate of drug-likeness (QED) is 0.396. The molecular formula is C10H22O2P+. The molecule has 78 valence electrons. The summed E-state index contributed by atoms with van der Waals surface area (Å²) in [7, 11) is -0.580. The molecule has 0 aromatic rings. The van der Waals surface area contributed by atoms with E-state index in [0.29, 0.717) is 6.61 Å². The Kier molecular flexibility index (Phi) is 12.1. The summed E-state index contributed by atoms with van der Waals surface area (Å²) in [6, 6.07) is 0. The van der Waals surface area contributed by atoms with Gasteiger partial charge in [0, 0.05) is 0 Å². The van der Waals surface area contributed by atoms with Gasteiger partial charge in [0.15, 0.2) is 0 Å². The van der Waals surface area contributed by atoms with Crippen molar-refractivity contribution in [1.82, 2.24) is 0 Å². The zero-order chi connectivity index (χ0) is 9.78. The van der Waals surface area contributed by atoms with E-state index in [4.69, 9.17) is 4.52 Å². The first-order valence-electron chi connectivity index (χ1n) is 5.40. The molecule has 0 saturated heterocycles. The fraction of sp³-hybridized carbons (Fsp3) is 1.00. The van der Waals surface area contributed by atoms with Crippen LogP contribution in [0.3, 0.4) is 0 Å². The van der Waals surface area contributed by atoms with Crippen LogP contribution in [-0.2, 0) is 9.09 Å². The van der Waals surface area contributed by atoms with Crippen LogP contribution in [-0.4, -0.2) is 6.61 Å². The largest absolute Gasteiger partial charge is 0.494 e. The topological polar surface area (TPSA) is 26.3 Å². The zero-order valence-electron chi connectivity index (χ0n) is 8.68. The van der Waals surface area contributed by atoms with Crippen molar-refractivity contribution in [1.29, 1.82) is 0 Å². The number of rotatable bonds is 10. The Balaban J connectivity index is 2.79. The molecule has 1 unspecified atom stereocenters. The molecule has 0 heterocycles. The molecule has 2 nitrogen and oxygen atoms in total. The number of hydrogen-bond donors (Lipinski definition) is 0. The highest BCUT2D eigenvalue weighted by Gasteiger charge is 1.93. The minimum Gasteiger partial charge on any atom is -0.148 e. The standard InChI is InChI=1S/C10H22O2P/c1-2-3-4-5-6-7-8-9-10-12-13-11/h13H,2-10H2,1H3/q+1. The Morgan fingerprint density at radius 2 is 1.46 bits per heavy atom. The first-order chi connectivity index (χ1) is 6.41. The zero-order valence-corrected chi connectivity index (χ0v) is 9.68. The summed E-state index contributed by atoms with van der Waals surface area (Å²) in [5.41, 5.74) is 0. The fourth-order valence-electron chi connectivity index (χ4n) is 1.35. The van der Waals surface area contributed by atoms with Gasteiger partial charge in [-0.1, -0.05) is 51.9 Å². The van der Waals surface area contributed by atoms with Crippen LogP contribution in [0.15, 0.2) is 0 Å². The summed E-state index contributed by atoms with van der Waals surface area (Å²) in [5.74, 6) is 0. The third-order valence-electron chi connectivity index (χ3n) is 2.16. The molecule has 0 saturated carbocycles. The minimum atomic E-state index is -0.580. The van der Waals surface area contributed by atoms with Crippen LogP contribution < -0.4 is 0 Å². The lowest BCUT2D eigenvalue weighted by atomic mass is 10.1. The smallest absolute Gasteiger partial charge is 0.148 e. The van der Waals surface area contributed by atoms with Gasteiger partial charge in [-0.15, -0.1) is 4.52 Å². The molecule has 0 spiro atoms. The van der Waals surface area contributed by atoms with Crippen molar-refractivity contribution in [3.63, 3.8) is 0 Å². The molecule has 1 atom stereocenters. The van der Waals surface area contributed by atoms with Crippen molar-refractivity contribution in [2.45, 2.75) is 58.3 Å². The minimum absolute atomic E-state index is 0.580. The molecule has 0 amide bonds. The van der Waals surface area contributed by atoms with Crippen LogP contribution in [0.5, 0.6) is 0 Å². The molecule has 0 aliphatic heterocycles. The average molecular weight is 205 g/mol. The third kappa shape index (κ3) is 12.1. The van der Waals surface area contributed by atoms with Gasteiger partial charge in [0.05, 0.1) is 0 Å². The van der Waals surface area contributed by atoms with Crippen LogP contribution in [0, 0.1) is 0 Å². The molecule has 0 aliphatic rings. The van der Waals surface area contributed by atoms with Crippen LogP contribution in [0.1, 0.15) is 58.3 Å². The monoisotopic (exact) mass is 205 g/mol. The normalized spacial score (nSPS) is 10.8. The van der Waals surface area contributed by atoms with E-state index in [1.165, 1.54) is 44.9 Å². The lowest BCUT2D eigenvalue weighted by Crippen LogP contribution is -1.85. The lowest BCUT2D eigenvalue weighted by Gasteiger charge is -1.98. The Morgan fingerprint density at radius 1 is 0.923 bits per heavy atom. The Labute approximate surface area is 83.3 Å². The van der Waals surface area contributed by atoms with E-state index in [-0.39, 0.29) is 0 Å². The first-order valence-corrected chi connectivity index (χ1v) is 6.22. The Hall–Kier alpha value is 0.0600. The van der Waals surface area contributed by atoms with Crippen molar-refractivity contribution in [3.8, 4) is 0 Å². The molecular weight excluding hydrogens is 183 g/mol. The summed E-state index contributed by atoms with van der Waals surface area (Å²) < 4.78 is 14.7. The van der Waals surface area contributed by atoms with Gasteiger partial charge in [-0.3, -0.25) is 0 Å². The van der Waals surface area contributed by atoms with Gasteiger partial charge >= 0.3 is 8.69 Å². The van der Waals surface area contributed by atoms with Gasteiger partial charge < -0.3 is 0 Å². The van der Waals surface area contributed by atoms with Gasteiger partial charge in [-0.2, -0.15) is 0 Å². The molecule has 0 bridgehead atoms. The summed E-state index contributed by atoms with van der Waals surface area (Å²) >= 11 is 0. The molecule has 0 aromatic heterocycles. The molecule has 0 rings (SSSR count). The predicted molar refractivity (Wildman–Crippen MR) is 57.6 cm³/mol. The van der Waals surface area contributed by atoms with E-state index in [1.54, 1.807) is 0 Å². The van der Waals surface area contributed by atoms with Crippen molar-refractivity contribution >= 4 is 8.69 Å². The first kappa shape index (κ1) is 13.1. The maximum Gasteiger partial charge on any atom is 0.494 e. The summed E-state index contributed by atoms with van der Waals surface area (Å²) in [6.07, 6.45) is 10.4. The van der Waals surface area contributed by atoms with Crippen molar-refractivity contribution < 1.29 is 9.09 Å². The molecule has 13 heavy (non-hydrogen) atoms. The van der Waals surface area contributed by atoms with Crippen LogP contribution in [0.2, 0.25) is 0 Å². The Morgan fingerprint density at radius 3 is 2.00 bits per heavy atom. The third-order valence-corrected chi connectivity index (χ3v) is 2.48. The summed E-state index contributed by atoms with van der Waals surface area (Å²) in [6.45, 7) is 2.90. The van der Waals surface area contributed by atoms with Gasteiger partial charge in [0.25, 0.3) is 0 Å². The van der Waals surface area contributed by atoms with E-state index in [1.807, 2.05) is 0 Å². The van der Waals surface area contributed by atoms with E-state index >= 15 is 0 Å². The van der Waals surface area contributed by atoms with Crippen molar-refractivity contribution in [3.05, 3.63) is 0 Å². The molecule has 0 aliphatic carbocycles. The predicted octanol–water partition coefficient (Wildman–Crippen LogP) is 4.08. The molecule has 0 aromatic carbocycles. The lowest BCUT2D eigenvalue weighted by molar-refractivity contribution is 0.328. The van der Waals surface area contributed by atoms with E-state index in [0.717, 1.165) is 6.42 Å². The highest BCUT2D eigenvalue weighted by Crippen LogP contribution is 2.08. The SMILES string of the molecule is CCCCCCCCCCO[PH+]=O. The second-order valence-corrected chi connectivity index (χ2v) is 3.86. The highest BCUT2D eigenvalue weighted by molar-refractivity contribution is 7.17. The average Bonchev–Trinajstić information content (AvgIpc) is 2.16. The van der Waals surface area contributed by atoms with Crippen molar-refractivity contribution in [2.24, 2.45) is 0 Å². The van der Waals surface area contributed by atoms with Gasteiger partial charge in [-0.25, -0.2) is 0 Å². The van der Waals surface area contributed by atoms with E-state index in [2.05, 4.69) is 6.92 Å². The second kappa shape index (κ2) is 12.1. The summed E-state index contributed by atoms with van der Waals surface area (Å²) in [4.78, 5) is 0. The van der Waals surface area contributed by atoms with Crippen LogP contribution >= 0.6 is 8.69 Å². The van der Waals surface area contributed by atoms with Gasteiger partial charge in [0.1, 0.15) is 6.61 Å². The number of unbranched alkanes of at least 4 members (excludes halogenated alkanes) is 7. The van der Waals surface area contributed by atoms with Gasteiger partial charge in [0.2, 0.25) is 0 Å². The summed E-state index contributed by atoms with van der Waals surface area (Å²) in [5, 5.41) is 0. The second-order valence-electron chi connectivity index (χ2n) is 3.41. The van der Waals surface area contributed by atoms with E-state index in [9.17, 15) is 4.57 Å². The van der Waals surface area contributed by atoms with Crippen LogP contribution in [0.25, 0.3) is 0 Å². The van der Waals surface area contributed by atoms with Gasteiger partial charge in [-0.05, 0) is 11.0 Å². The molecule has 0 fully saturated rings. The maximum absolute atomic E-state index is 9.94. The number of hydrogen-bond acceptors (Lipinski definition) is 2. The van der Waals surface area contributed by atoms with E-state index < -0.39 is 8.69 Å². The molecule has 0 N–H and O–H groups in total. The highest BCUT2D eigenvalue weighted by atomic mass is 31.1. The Bertz CT molecular complexity index is 107. The molecule has 3 heteroatoms. The van der Waals surface area contributed by atoms with Crippen LogP contribution in [0.4, 0.5) is 0 Å². The van der Waals surface area contributed by atoms with Crippen molar-refractivity contribution in [2.75, 3.05) is 6.61 Å². The molecule has 0 radical (unpaired) electrons. The fourth-order valence-corrected chi connectivity index (χ4v) is 1.58. The maximum atomic E-state index is 9.94.